The second-order valence-corrected chi connectivity index (χ2v) is 9.63. The Balaban J connectivity index is 1.26. The van der Waals surface area contributed by atoms with Crippen molar-refractivity contribution in [3.8, 4) is 0 Å². The Labute approximate surface area is 207 Å². The van der Waals surface area contributed by atoms with E-state index in [0.717, 1.165) is 56.4 Å². The van der Waals surface area contributed by atoms with Gasteiger partial charge in [0.25, 0.3) is 11.8 Å². The molecule has 1 unspecified atom stereocenters. The van der Waals surface area contributed by atoms with Crippen molar-refractivity contribution in [1.82, 2.24) is 20.4 Å². The van der Waals surface area contributed by atoms with Crippen molar-refractivity contribution in [3.05, 3.63) is 29.3 Å². The molecule has 0 spiro atoms. The first-order chi connectivity index (χ1) is 17.0. The van der Waals surface area contributed by atoms with Crippen molar-refractivity contribution in [2.75, 3.05) is 50.7 Å². The van der Waals surface area contributed by atoms with E-state index in [1.165, 1.54) is 32.1 Å². The third-order valence-corrected chi connectivity index (χ3v) is 7.24. The number of hydrogen-bond donors (Lipinski definition) is 2. The molecule has 1 atom stereocenters. The van der Waals surface area contributed by atoms with E-state index in [1.807, 2.05) is 6.07 Å². The van der Waals surface area contributed by atoms with E-state index >= 15 is 0 Å². The summed E-state index contributed by atoms with van der Waals surface area (Å²) in [5, 5.41) is 5.60. The maximum Gasteiger partial charge on any atom is 0.262 e. The van der Waals surface area contributed by atoms with E-state index < -0.39 is 23.8 Å². The number of anilines is 1. The first kappa shape index (κ1) is 25.3. The second kappa shape index (κ2) is 11.8. The summed E-state index contributed by atoms with van der Waals surface area (Å²) >= 11 is 0. The van der Waals surface area contributed by atoms with Crippen molar-refractivity contribution in [1.29, 1.82) is 0 Å². The predicted octanol–water partition coefficient (Wildman–Crippen LogP) is 1.77. The molecule has 2 saturated heterocycles. The molecule has 35 heavy (non-hydrogen) atoms. The summed E-state index contributed by atoms with van der Waals surface area (Å²) in [7, 11) is 0. The molecule has 3 aliphatic heterocycles. The molecule has 0 saturated carbocycles. The van der Waals surface area contributed by atoms with Gasteiger partial charge in [-0.1, -0.05) is 26.2 Å². The highest BCUT2D eigenvalue weighted by atomic mass is 16.2. The lowest BCUT2D eigenvalue weighted by Crippen LogP contribution is -2.54. The van der Waals surface area contributed by atoms with E-state index in [-0.39, 0.29) is 18.7 Å². The number of rotatable bonds is 11. The van der Waals surface area contributed by atoms with E-state index in [4.69, 9.17) is 0 Å². The average molecular weight is 484 g/mol. The van der Waals surface area contributed by atoms with Gasteiger partial charge in [-0.2, -0.15) is 0 Å². The zero-order valence-electron chi connectivity index (χ0n) is 20.7. The highest BCUT2D eigenvalue weighted by Gasteiger charge is 2.44. The SMILES string of the molecule is CCNCCCCCCCN1CCN(c2ccc3c(c2)C(=O)N(C2CCC(=O)NC2=O)C3=O)CC1. The summed E-state index contributed by atoms with van der Waals surface area (Å²) in [5.74, 6) is -1.87. The molecule has 0 bridgehead atoms. The maximum atomic E-state index is 13.1. The van der Waals surface area contributed by atoms with Gasteiger partial charge in [0.2, 0.25) is 11.8 Å². The van der Waals surface area contributed by atoms with Crippen LogP contribution in [0.15, 0.2) is 18.2 Å². The number of nitrogens with one attached hydrogen (secondary N) is 2. The lowest BCUT2D eigenvalue weighted by atomic mass is 10.0. The summed E-state index contributed by atoms with van der Waals surface area (Å²) in [4.78, 5) is 55.5. The second-order valence-electron chi connectivity index (χ2n) is 9.63. The standard InChI is InChI=1S/C26H37N5O4/c1-2-27-12-6-4-3-5-7-13-29-14-16-30(17-15-29)19-8-9-20-21(18-19)26(35)31(25(20)34)22-10-11-23(32)28-24(22)33/h8-9,18,22,27H,2-7,10-17H2,1H3,(H,28,32,33). The average Bonchev–Trinajstić information content (AvgIpc) is 3.10. The molecular formula is C26H37N5O4. The van der Waals surface area contributed by atoms with Gasteiger partial charge in [0, 0.05) is 38.3 Å². The van der Waals surface area contributed by atoms with E-state index in [2.05, 4.69) is 27.4 Å². The van der Waals surface area contributed by atoms with Gasteiger partial charge < -0.3 is 10.2 Å². The van der Waals surface area contributed by atoms with Crippen LogP contribution in [0.2, 0.25) is 0 Å². The van der Waals surface area contributed by atoms with Crippen LogP contribution in [0.3, 0.4) is 0 Å². The van der Waals surface area contributed by atoms with Crippen LogP contribution in [0, 0.1) is 0 Å². The molecule has 0 aromatic heterocycles. The fourth-order valence-corrected chi connectivity index (χ4v) is 5.18. The van der Waals surface area contributed by atoms with Gasteiger partial charge in [-0.25, -0.2) is 0 Å². The third-order valence-electron chi connectivity index (χ3n) is 7.24. The van der Waals surface area contributed by atoms with Crippen LogP contribution in [0.25, 0.3) is 0 Å². The first-order valence-corrected chi connectivity index (χ1v) is 13.0. The largest absolute Gasteiger partial charge is 0.369 e. The molecule has 3 heterocycles. The Hall–Kier alpha value is -2.78. The van der Waals surface area contributed by atoms with Gasteiger partial charge in [0.15, 0.2) is 0 Å². The molecule has 0 aliphatic carbocycles. The molecule has 4 rings (SSSR count). The number of piperazine rings is 1. The minimum absolute atomic E-state index is 0.121. The van der Waals surface area contributed by atoms with Crippen LogP contribution < -0.4 is 15.5 Å². The number of carbonyl (C=O) groups excluding carboxylic acids is 4. The third kappa shape index (κ3) is 5.90. The number of amides is 4. The van der Waals surface area contributed by atoms with E-state index in [9.17, 15) is 19.2 Å². The Kier molecular flexibility index (Phi) is 8.51. The van der Waals surface area contributed by atoms with Crippen LogP contribution in [0.1, 0.15) is 72.6 Å². The van der Waals surface area contributed by atoms with Gasteiger partial charge >= 0.3 is 0 Å². The topological polar surface area (TPSA) is 102 Å². The normalized spacial score (nSPS) is 21.0. The first-order valence-electron chi connectivity index (χ1n) is 13.0. The number of fused-ring (bicyclic) bond motifs is 1. The quantitative estimate of drug-likeness (QED) is 0.365. The molecule has 9 nitrogen and oxygen atoms in total. The number of nitrogens with zero attached hydrogens (tertiary/aromatic N) is 3. The summed E-state index contributed by atoms with van der Waals surface area (Å²) in [6, 6.07) is 4.44. The Morgan fingerprint density at radius 1 is 0.914 bits per heavy atom. The van der Waals surface area contributed by atoms with E-state index in [0.29, 0.717) is 11.1 Å². The van der Waals surface area contributed by atoms with Gasteiger partial charge in [-0.3, -0.25) is 34.3 Å². The molecule has 9 heteroatoms. The maximum absolute atomic E-state index is 13.1. The number of hydrogen-bond acceptors (Lipinski definition) is 7. The van der Waals surface area contributed by atoms with Crippen molar-refractivity contribution in [2.45, 2.75) is 57.9 Å². The van der Waals surface area contributed by atoms with Crippen LogP contribution in [-0.4, -0.2) is 85.3 Å². The zero-order chi connectivity index (χ0) is 24.8. The van der Waals surface area contributed by atoms with Gasteiger partial charge in [0.1, 0.15) is 6.04 Å². The fourth-order valence-electron chi connectivity index (χ4n) is 5.18. The van der Waals surface area contributed by atoms with Gasteiger partial charge in [-0.15, -0.1) is 0 Å². The summed E-state index contributed by atoms with van der Waals surface area (Å²) in [6.07, 6.45) is 6.64. The number of carbonyl (C=O) groups is 4. The Bertz CT molecular complexity index is 957. The molecule has 1 aromatic carbocycles. The Morgan fingerprint density at radius 2 is 1.63 bits per heavy atom. The van der Waals surface area contributed by atoms with Crippen molar-refractivity contribution in [2.24, 2.45) is 0 Å². The van der Waals surface area contributed by atoms with E-state index in [1.54, 1.807) is 12.1 Å². The zero-order valence-corrected chi connectivity index (χ0v) is 20.7. The highest BCUT2D eigenvalue weighted by molar-refractivity contribution is 6.23. The summed E-state index contributed by atoms with van der Waals surface area (Å²) in [5.41, 5.74) is 1.59. The summed E-state index contributed by atoms with van der Waals surface area (Å²) < 4.78 is 0. The molecule has 2 fully saturated rings. The fraction of sp³-hybridized carbons (Fsp3) is 0.615. The van der Waals surface area contributed by atoms with Crippen LogP contribution in [0.4, 0.5) is 5.69 Å². The van der Waals surface area contributed by atoms with Crippen LogP contribution >= 0.6 is 0 Å². The monoisotopic (exact) mass is 483 g/mol. The number of benzene rings is 1. The van der Waals surface area contributed by atoms with Crippen molar-refractivity contribution < 1.29 is 19.2 Å². The van der Waals surface area contributed by atoms with Crippen molar-refractivity contribution >= 4 is 29.3 Å². The minimum atomic E-state index is -0.930. The lowest BCUT2D eigenvalue weighted by Gasteiger charge is -2.36. The minimum Gasteiger partial charge on any atom is -0.369 e. The molecule has 3 aliphatic rings. The van der Waals surface area contributed by atoms with Crippen LogP contribution in [0.5, 0.6) is 0 Å². The number of unbranched alkanes of at least 4 members (excludes halogenated alkanes) is 4. The molecule has 0 radical (unpaired) electrons. The predicted molar refractivity (Wildman–Crippen MR) is 133 cm³/mol. The molecule has 1 aromatic rings. The highest BCUT2D eigenvalue weighted by Crippen LogP contribution is 2.31. The smallest absolute Gasteiger partial charge is 0.262 e. The summed E-state index contributed by atoms with van der Waals surface area (Å²) in [6.45, 7) is 9.14. The molecule has 4 amide bonds. The van der Waals surface area contributed by atoms with Crippen LogP contribution in [-0.2, 0) is 9.59 Å². The lowest BCUT2D eigenvalue weighted by molar-refractivity contribution is -0.136. The van der Waals surface area contributed by atoms with Crippen molar-refractivity contribution in [3.63, 3.8) is 0 Å². The van der Waals surface area contributed by atoms with Gasteiger partial charge in [-0.05, 0) is 57.1 Å². The Morgan fingerprint density at radius 3 is 2.37 bits per heavy atom. The molecule has 190 valence electrons. The molecular weight excluding hydrogens is 446 g/mol. The molecule has 2 N–H and O–H groups in total. The van der Waals surface area contributed by atoms with Gasteiger partial charge in [0.05, 0.1) is 11.1 Å². The number of imide groups is 2. The number of piperidine rings is 1.